The molecule has 0 unspecified atom stereocenters. The van der Waals surface area contributed by atoms with Crippen LogP contribution in [0.3, 0.4) is 0 Å². The molecule has 0 fully saturated rings. The number of fused-ring (bicyclic) bond motifs is 10. The second kappa shape index (κ2) is 14.8. The molecule has 0 aliphatic heterocycles. The molecule has 63 heavy (non-hydrogen) atoms. The van der Waals surface area contributed by atoms with E-state index in [0.29, 0.717) is 0 Å². The lowest BCUT2D eigenvalue weighted by molar-refractivity contribution is 0.416. The summed E-state index contributed by atoms with van der Waals surface area (Å²) < 4.78 is 5.78. The Labute approximate surface area is 371 Å². The number of pyridine rings is 2. The first kappa shape index (κ1) is 37.1. The van der Waals surface area contributed by atoms with Gasteiger partial charge in [-0.15, -0.1) is 11.3 Å². The van der Waals surface area contributed by atoms with Gasteiger partial charge in [0.2, 0.25) is 0 Å². The van der Waals surface area contributed by atoms with E-state index in [4.69, 9.17) is 14.7 Å². The first-order valence-corrected chi connectivity index (χ1v) is 22.2. The Kier molecular flexibility index (Phi) is 8.70. The zero-order chi connectivity index (χ0) is 42.1. The van der Waals surface area contributed by atoms with Crippen LogP contribution in [-0.2, 0) is 5.41 Å². The zero-order valence-corrected chi connectivity index (χ0v) is 35.7. The van der Waals surface area contributed by atoms with E-state index in [1.807, 2.05) is 35.6 Å². The van der Waals surface area contributed by atoms with Crippen LogP contribution >= 0.6 is 11.3 Å². The van der Waals surface area contributed by atoms with E-state index in [1.165, 1.54) is 59.8 Å². The highest BCUT2D eigenvalue weighted by molar-refractivity contribution is 7.18. The first-order valence-electron chi connectivity index (χ1n) is 21.4. The van der Waals surface area contributed by atoms with Gasteiger partial charge in [-0.1, -0.05) is 146 Å². The number of thiophene rings is 1. The summed E-state index contributed by atoms with van der Waals surface area (Å²) in [5.74, 6) is 0.791. The molecule has 10 aromatic rings. The summed E-state index contributed by atoms with van der Waals surface area (Å²) >= 11 is 1.84. The number of rotatable bonds is 7. The Morgan fingerprint density at radius 2 is 0.889 bits per heavy atom. The maximum atomic E-state index is 5.78. The summed E-state index contributed by atoms with van der Waals surface area (Å²) in [5, 5.41) is 0. The summed E-state index contributed by atoms with van der Waals surface area (Å²) in [6.45, 7) is 2.09. The summed E-state index contributed by atoms with van der Waals surface area (Å²) in [6.07, 6.45) is 0. The molecule has 0 radical (unpaired) electrons. The van der Waals surface area contributed by atoms with Gasteiger partial charge in [-0.3, -0.25) is 4.98 Å². The van der Waals surface area contributed by atoms with Gasteiger partial charge in [-0.25, -0.2) is 4.98 Å². The molecule has 0 atom stereocenters. The highest BCUT2D eigenvalue weighted by atomic mass is 32.1. The predicted octanol–water partition coefficient (Wildman–Crippen LogP) is 15.2. The fraction of sp³-hybridized carbons (Fsp3) is 0.0508. The van der Waals surface area contributed by atoms with E-state index >= 15 is 0 Å². The number of benzene rings is 7. The molecule has 3 heterocycles. The van der Waals surface area contributed by atoms with Crippen LogP contribution in [0, 0.1) is 6.92 Å². The highest BCUT2D eigenvalue weighted by Crippen LogP contribution is 2.63. The number of ether oxygens (including phenoxy) is 1. The SMILES string of the molecule is COc1ccccc1-c1cc(-c2ccccc2)cc(-c2cccc(-c3cc(-c4ccc(-c5ccc6c(c5)C5(c7ccccc7-c7ccccc75)c5ccccc5-6)s4)cc(C)n3)c2)n1. The third kappa shape index (κ3) is 5.94. The summed E-state index contributed by atoms with van der Waals surface area (Å²) in [4.78, 5) is 12.8. The van der Waals surface area contributed by atoms with Gasteiger partial charge in [0, 0.05) is 32.1 Å². The molecule has 0 saturated heterocycles. The van der Waals surface area contributed by atoms with Crippen LogP contribution in [0.5, 0.6) is 5.75 Å². The van der Waals surface area contributed by atoms with Crippen molar-refractivity contribution in [3.63, 3.8) is 0 Å². The first-order chi connectivity index (χ1) is 31.1. The van der Waals surface area contributed by atoms with E-state index in [0.717, 1.165) is 61.9 Å². The molecular formula is C59H40N2OS. The minimum absolute atomic E-state index is 0.366. The minimum Gasteiger partial charge on any atom is -0.496 e. The molecule has 2 aliphatic rings. The van der Waals surface area contributed by atoms with Crippen LogP contribution in [0.1, 0.15) is 27.9 Å². The Balaban J connectivity index is 0.922. The molecule has 7 aromatic carbocycles. The molecule has 298 valence electrons. The summed E-state index contributed by atoms with van der Waals surface area (Å²) in [5.41, 5.74) is 21.6. The Morgan fingerprint density at radius 3 is 1.56 bits per heavy atom. The Morgan fingerprint density at radius 1 is 0.365 bits per heavy atom. The van der Waals surface area contributed by atoms with Crippen LogP contribution in [0.15, 0.2) is 206 Å². The van der Waals surface area contributed by atoms with Crippen LogP contribution in [0.2, 0.25) is 0 Å². The van der Waals surface area contributed by atoms with E-state index in [1.54, 1.807) is 7.11 Å². The number of aryl methyl sites for hydroxylation is 1. The largest absolute Gasteiger partial charge is 0.496 e. The van der Waals surface area contributed by atoms with E-state index in [-0.39, 0.29) is 5.41 Å². The van der Waals surface area contributed by atoms with Gasteiger partial charge in [0.15, 0.2) is 0 Å². The van der Waals surface area contributed by atoms with E-state index in [2.05, 4.69) is 189 Å². The fourth-order valence-electron chi connectivity index (χ4n) is 10.2. The number of aromatic nitrogens is 2. The number of hydrogen-bond acceptors (Lipinski definition) is 4. The standard InChI is InChI=1S/C59H40N2OS/c1-37-31-43(36-53(60-37)39-17-14-18-40(32-39)54-34-42(38-15-4-3-5-16-38)35-55(61-54)48-22-9-13-26-56(48)62-2)58-30-29-57(63-58)41-27-28-47-46-21-8-12-25-51(46)59(52(47)33-41)49-23-10-6-19-44(49)45-20-7-11-24-50(45)59/h3-36H,1-2H3. The van der Waals surface area contributed by atoms with Crippen LogP contribution < -0.4 is 4.74 Å². The van der Waals surface area contributed by atoms with Crippen molar-refractivity contribution in [1.82, 2.24) is 9.97 Å². The lowest BCUT2D eigenvalue weighted by atomic mass is 9.70. The predicted molar refractivity (Wildman–Crippen MR) is 260 cm³/mol. The van der Waals surface area contributed by atoms with Gasteiger partial charge in [-0.2, -0.15) is 0 Å². The maximum Gasteiger partial charge on any atom is 0.128 e. The van der Waals surface area contributed by atoms with Gasteiger partial charge in [0.25, 0.3) is 0 Å². The van der Waals surface area contributed by atoms with E-state index < -0.39 is 0 Å². The molecule has 1 spiro atoms. The average molecular weight is 825 g/mol. The van der Waals surface area contributed by atoms with Gasteiger partial charge in [0.1, 0.15) is 5.75 Å². The molecule has 0 N–H and O–H groups in total. The van der Waals surface area contributed by atoms with Crippen molar-refractivity contribution in [2.45, 2.75) is 12.3 Å². The van der Waals surface area contributed by atoms with Gasteiger partial charge >= 0.3 is 0 Å². The highest BCUT2D eigenvalue weighted by Gasteiger charge is 2.51. The molecule has 4 heteroatoms. The van der Waals surface area contributed by atoms with Crippen LogP contribution in [0.4, 0.5) is 0 Å². The average Bonchev–Trinajstić information content (AvgIpc) is 4.04. The van der Waals surface area contributed by atoms with Crippen LogP contribution in [0.25, 0.3) is 88.0 Å². The number of para-hydroxylation sites is 1. The molecule has 0 bridgehead atoms. The van der Waals surface area contributed by atoms with Crippen molar-refractivity contribution in [1.29, 1.82) is 0 Å². The lowest BCUT2D eigenvalue weighted by Gasteiger charge is -2.30. The molecule has 12 rings (SSSR count). The second-order valence-corrected chi connectivity index (χ2v) is 17.6. The smallest absolute Gasteiger partial charge is 0.128 e. The summed E-state index contributed by atoms with van der Waals surface area (Å²) in [6, 6.07) is 74.6. The molecule has 2 aliphatic carbocycles. The second-order valence-electron chi connectivity index (χ2n) is 16.5. The normalized spacial score (nSPS) is 12.7. The fourth-order valence-corrected chi connectivity index (χ4v) is 11.2. The Hall–Kier alpha value is -7.66. The molecular weight excluding hydrogens is 785 g/mol. The third-order valence-electron chi connectivity index (χ3n) is 12.9. The van der Waals surface area contributed by atoms with Crippen molar-refractivity contribution in [2.24, 2.45) is 0 Å². The number of hydrogen-bond donors (Lipinski definition) is 0. The quantitative estimate of drug-likeness (QED) is 0.161. The molecule has 3 nitrogen and oxygen atoms in total. The maximum absolute atomic E-state index is 5.78. The minimum atomic E-state index is -0.366. The van der Waals surface area contributed by atoms with Crippen molar-refractivity contribution in [2.75, 3.05) is 7.11 Å². The van der Waals surface area contributed by atoms with Crippen molar-refractivity contribution in [3.8, 4) is 93.8 Å². The van der Waals surface area contributed by atoms with Crippen molar-refractivity contribution >= 4 is 11.3 Å². The Bertz CT molecular complexity index is 3350. The third-order valence-corrected chi connectivity index (χ3v) is 14.1. The zero-order valence-electron chi connectivity index (χ0n) is 34.8. The molecule has 0 amide bonds. The van der Waals surface area contributed by atoms with Gasteiger partial charge in [-0.05, 0) is 134 Å². The summed E-state index contributed by atoms with van der Waals surface area (Å²) in [7, 11) is 1.71. The molecule has 3 aromatic heterocycles. The number of methoxy groups -OCH3 is 1. The van der Waals surface area contributed by atoms with Crippen molar-refractivity contribution < 1.29 is 4.74 Å². The van der Waals surface area contributed by atoms with Crippen molar-refractivity contribution in [3.05, 3.63) is 234 Å². The van der Waals surface area contributed by atoms with E-state index in [9.17, 15) is 0 Å². The monoisotopic (exact) mass is 824 g/mol. The topological polar surface area (TPSA) is 35.0 Å². The van der Waals surface area contributed by atoms with Gasteiger partial charge < -0.3 is 4.74 Å². The molecule has 0 saturated carbocycles. The number of nitrogens with zero attached hydrogens (tertiary/aromatic N) is 2. The van der Waals surface area contributed by atoms with Crippen LogP contribution in [-0.4, -0.2) is 17.1 Å². The lowest BCUT2D eigenvalue weighted by Crippen LogP contribution is -2.25. The van der Waals surface area contributed by atoms with Gasteiger partial charge in [0.05, 0.1) is 29.6 Å².